The summed E-state index contributed by atoms with van der Waals surface area (Å²) in [6.07, 6.45) is 3.18. The van der Waals surface area contributed by atoms with Crippen LogP contribution in [0.2, 0.25) is 0 Å². The molecule has 3 N–H and O–H groups in total. The maximum absolute atomic E-state index is 14.7. The Kier molecular flexibility index (Phi) is 20.9. The molecule has 8 rings (SSSR count). The molecule has 1 aliphatic carbocycles. The lowest BCUT2D eigenvalue weighted by atomic mass is 9.78. The van der Waals surface area contributed by atoms with E-state index in [1.165, 1.54) is 30.7 Å². The standard InChI is InChI=1S/C60H86N4O16/c1-33-25-37(5)52(67)54(78-11)53(68)38(6)26-34(2)46(66)31-48(35(3)27-40-20-23-45(65)49(30-40)76-9)79-57(71)44-19-15-16-24-61(44)56(70)55(69)60(74)39(7)29-50(77-10)51(80-60)32-47(75-8)36(4)28-42-21-22-43(33)64-59(73)62(58(72)63(42)64)41-17-13-12-14-18-41/h12-14,17-18,21-22,26,28,33-35,37,39-40,42-45,47-51,53-54,65,68,74H,15-16,19-20,23-25,27,29-32H2,1-11H3/b36-28?,38-26-/t33-,34+,35?,37+,39+,40-,42?,43?,44-,45+,47-,48-,49+,50-,51+,53-,54-,60+/m0/s1. The number of aliphatic hydroxyl groups is 3. The number of aliphatic hydroxyl groups excluding tert-OH is 2. The van der Waals surface area contributed by atoms with Gasteiger partial charge in [-0.2, -0.15) is 0 Å². The highest BCUT2D eigenvalue weighted by molar-refractivity contribution is 6.39. The molecule has 5 aliphatic heterocycles. The number of carbonyl (C=O) groups excluding carboxylic acids is 5. The number of hydrogen-bond donors (Lipinski definition) is 3. The van der Waals surface area contributed by atoms with Gasteiger partial charge in [0.05, 0.1) is 48.3 Å². The first-order chi connectivity index (χ1) is 38.0. The van der Waals surface area contributed by atoms with Gasteiger partial charge in [0, 0.05) is 65.6 Å². The number of ether oxygens (including phenoxy) is 6. The van der Waals surface area contributed by atoms with Crippen molar-refractivity contribution in [1.82, 2.24) is 18.8 Å². The van der Waals surface area contributed by atoms with Crippen molar-refractivity contribution in [2.75, 3.05) is 35.0 Å². The molecule has 1 saturated carbocycles. The topological polar surface area (TPSA) is 254 Å². The molecule has 2 aromatic rings. The van der Waals surface area contributed by atoms with Gasteiger partial charge in [-0.15, -0.1) is 0 Å². The lowest BCUT2D eigenvalue weighted by Gasteiger charge is -2.45. The number of benzene rings is 1. The van der Waals surface area contributed by atoms with Crippen LogP contribution in [0.4, 0.5) is 0 Å². The van der Waals surface area contributed by atoms with E-state index in [2.05, 4.69) is 0 Å². The number of para-hydroxylation sites is 1. The zero-order chi connectivity index (χ0) is 58.5. The van der Waals surface area contributed by atoms with Crippen molar-refractivity contribution in [3.05, 3.63) is 86.8 Å². The zero-order valence-corrected chi connectivity index (χ0v) is 48.4. The quantitative estimate of drug-likeness (QED) is 0.175. The number of allylic oxidation sites excluding steroid dienone is 4. The van der Waals surface area contributed by atoms with E-state index in [4.69, 9.17) is 28.4 Å². The van der Waals surface area contributed by atoms with Gasteiger partial charge in [0.15, 0.2) is 5.78 Å². The fourth-order valence-corrected chi connectivity index (χ4v) is 13.0. The molecule has 1 aromatic heterocycles. The van der Waals surface area contributed by atoms with Crippen LogP contribution in [0, 0.1) is 35.5 Å². The van der Waals surface area contributed by atoms with Crippen molar-refractivity contribution in [1.29, 1.82) is 0 Å². The number of hydrogen-bond acceptors (Lipinski definition) is 16. The molecular formula is C60H86N4O16. The van der Waals surface area contributed by atoms with Gasteiger partial charge in [-0.1, -0.05) is 77.1 Å². The number of methoxy groups -OCH3 is 4. The second-order valence-corrected chi connectivity index (χ2v) is 23.5. The van der Waals surface area contributed by atoms with E-state index in [0.29, 0.717) is 55.4 Å². The number of esters is 1. The number of rotatable bonds is 8. The van der Waals surface area contributed by atoms with E-state index in [0.717, 1.165) is 9.47 Å². The van der Waals surface area contributed by atoms with Gasteiger partial charge in [-0.05, 0) is 113 Å². The molecule has 0 radical (unpaired) electrons. The largest absolute Gasteiger partial charge is 0.460 e. The van der Waals surface area contributed by atoms with Crippen molar-refractivity contribution in [3.8, 4) is 5.69 Å². The maximum Gasteiger partial charge on any atom is 0.352 e. The van der Waals surface area contributed by atoms with Crippen LogP contribution in [0.3, 0.4) is 0 Å². The monoisotopic (exact) mass is 1120 g/mol. The van der Waals surface area contributed by atoms with Crippen molar-refractivity contribution in [2.45, 2.75) is 192 Å². The number of carbonyl (C=O) groups is 5. The Morgan fingerprint density at radius 3 is 2.11 bits per heavy atom. The third-order valence-corrected chi connectivity index (χ3v) is 17.9. The summed E-state index contributed by atoms with van der Waals surface area (Å²) in [7, 11) is 5.83. The first-order valence-electron chi connectivity index (χ1n) is 28.6. The SMILES string of the molecule is CO[C@H]1C[C@H]2O[C@@](O)(C(=O)C(=O)N3CCCC[C@H]3C(=O)O[C@H](C(C)C[C@@H]3CC[C@@H](O)[C@H](OC)C3)CC(=O)[C@H](C)/C=C(/C)[C@H](O)[C@@H](OC)C(=O)[C@H](C)C[C@H](C)C3C=CC(C=C1C)n1c(=O)n(-c4ccccc4)c(=O)n13)[C@H](C)C[C@@H]2OC. The molecule has 3 unspecified atom stereocenters. The Labute approximate surface area is 469 Å². The number of Topliss-reactive ketones (excluding diaryl/α,β-unsaturated/α-hetero) is 3. The van der Waals surface area contributed by atoms with Gasteiger partial charge >= 0.3 is 17.3 Å². The summed E-state index contributed by atoms with van der Waals surface area (Å²) in [5.74, 6) is -9.87. The predicted molar refractivity (Wildman–Crippen MR) is 295 cm³/mol. The van der Waals surface area contributed by atoms with Crippen molar-refractivity contribution in [2.24, 2.45) is 35.5 Å². The molecule has 6 heterocycles. The smallest absolute Gasteiger partial charge is 0.352 e. The molecule has 6 aliphatic rings. The van der Waals surface area contributed by atoms with E-state index in [-0.39, 0.29) is 56.5 Å². The maximum atomic E-state index is 14.7. The summed E-state index contributed by atoms with van der Waals surface area (Å²) < 4.78 is 39.8. The third kappa shape index (κ3) is 13.2. The highest BCUT2D eigenvalue weighted by Crippen LogP contribution is 2.40. The van der Waals surface area contributed by atoms with Crippen LogP contribution in [-0.2, 0) is 52.4 Å². The summed E-state index contributed by atoms with van der Waals surface area (Å²) >= 11 is 0. The minimum Gasteiger partial charge on any atom is -0.460 e. The summed E-state index contributed by atoms with van der Waals surface area (Å²) in [5.41, 5.74) is 0.0316. The fraction of sp³-hybridized carbons (Fsp3) is 0.683. The second kappa shape index (κ2) is 26.8. The van der Waals surface area contributed by atoms with Gasteiger partial charge in [-0.25, -0.2) is 28.3 Å². The first kappa shape index (κ1) is 62.4. The minimum absolute atomic E-state index is 0.00469. The second-order valence-electron chi connectivity index (χ2n) is 23.5. The molecule has 18 atom stereocenters. The average molecular weight is 1120 g/mol. The van der Waals surface area contributed by atoms with Crippen molar-refractivity contribution < 1.29 is 67.7 Å². The van der Waals surface area contributed by atoms with Crippen LogP contribution in [0.5, 0.6) is 0 Å². The van der Waals surface area contributed by atoms with Gasteiger partial charge in [0.25, 0.3) is 11.7 Å². The molecule has 2 saturated heterocycles. The van der Waals surface area contributed by atoms with E-state index >= 15 is 0 Å². The van der Waals surface area contributed by atoms with Gasteiger partial charge < -0.3 is 48.6 Å². The zero-order valence-electron chi connectivity index (χ0n) is 48.4. The normalized spacial score (nSPS) is 36.8. The fourth-order valence-electron chi connectivity index (χ4n) is 13.0. The number of fused-ring (bicyclic) bond motifs is 15. The van der Waals surface area contributed by atoms with Crippen LogP contribution in [-0.4, -0.2) is 159 Å². The average Bonchev–Trinajstić information content (AvgIpc) is 3.77. The van der Waals surface area contributed by atoms with E-state index in [9.17, 15) is 48.9 Å². The van der Waals surface area contributed by atoms with Crippen LogP contribution in [0.25, 0.3) is 5.69 Å². The highest BCUT2D eigenvalue weighted by Gasteiger charge is 2.55. The summed E-state index contributed by atoms with van der Waals surface area (Å²) in [4.78, 5) is 103. The Hall–Kier alpha value is -5.19. The van der Waals surface area contributed by atoms with Gasteiger partial charge in [0.2, 0.25) is 5.79 Å². The molecule has 80 heavy (non-hydrogen) atoms. The third-order valence-electron chi connectivity index (χ3n) is 17.9. The summed E-state index contributed by atoms with van der Waals surface area (Å²) in [6, 6.07) is 5.77. The molecule has 20 nitrogen and oxygen atoms in total. The lowest BCUT2D eigenvalue weighted by Crippen LogP contribution is -2.63. The summed E-state index contributed by atoms with van der Waals surface area (Å²) in [5, 5.41) is 34.7. The highest BCUT2D eigenvalue weighted by atomic mass is 16.7. The van der Waals surface area contributed by atoms with Crippen LogP contribution in [0.1, 0.15) is 131 Å². The Morgan fingerprint density at radius 1 is 0.762 bits per heavy atom. The van der Waals surface area contributed by atoms with Crippen LogP contribution in [0.15, 0.2) is 75.4 Å². The number of amides is 1. The van der Waals surface area contributed by atoms with Crippen LogP contribution >= 0.6 is 0 Å². The van der Waals surface area contributed by atoms with Crippen molar-refractivity contribution >= 4 is 29.2 Å². The van der Waals surface area contributed by atoms with E-state index < -0.39 is 131 Å². The molecule has 4 bridgehead atoms. The minimum atomic E-state index is -2.65. The number of nitrogens with zero attached hydrogens (tertiary/aromatic N) is 4. The number of aromatic nitrogens is 3. The molecular weight excluding hydrogens is 1030 g/mol. The Bertz CT molecular complexity index is 2750. The molecule has 3 fully saturated rings. The molecule has 1 aromatic carbocycles. The first-order valence-corrected chi connectivity index (χ1v) is 28.6. The number of ketones is 3. The molecule has 442 valence electrons. The Morgan fingerprint density at radius 2 is 1.45 bits per heavy atom. The molecule has 1 amide bonds. The van der Waals surface area contributed by atoms with Crippen LogP contribution < -0.4 is 11.4 Å². The summed E-state index contributed by atoms with van der Waals surface area (Å²) in [6.45, 7) is 12.1. The molecule has 0 spiro atoms. The van der Waals surface area contributed by atoms with Gasteiger partial charge in [0.1, 0.15) is 30.1 Å². The number of piperidine rings is 1. The van der Waals surface area contributed by atoms with Gasteiger partial charge in [-0.3, -0.25) is 19.2 Å². The predicted octanol–water partition coefficient (Wildman–Crippen LogP) is 5.16. The lowest BCUT2D eigenvalue weighted by molar-refractivity contribution is -0.289. The Balaban J connectivity index is 1.29. The van der Waals surface area contributed by atoms with E-state index in [1.54, 1.807) is 84.2 Å². The van der Waals surface area contributed by atoms with Crippen molar-refractivity contribution in [3.63, 3.8) is 0 Å². The van der Waals surface area contributed by atoms with E-state index in [1.807, 2.05) is 26.0 Å². The molecule has 20 heteroatoms.